The monoisotopic (exact) mass is 180 g/mol. The lowest BCUT2D eigenvalue weighted by Gasteiger charge is -2.09. The highest BCUT2D eigenvalue weighted by Crippen LogP contribution is 2.02. The molecular weight excluding hydrogens is 164 g/mol. The van der Waals surface area contributed by atoms with Crippen LogP contribution < -0.4 is 5.73 Å². The number of nitrogens with zero attached hydrogens (tertiary/aromatic N) is 1. The van der Waals surface area contributed by atoms with E-state index in [0.29, 0.717) is 6.61 Å². The summed E-state index contributed by atoms with van der Waals surface area (Å²) in [4.78, 5) is 4.23. The van der Waals surface area contributed by atoms with Crippen molar-refractivity contribution in [2.45, 2.75) is 19.4 Å². The molecule has 1 unspecified atom stereocenters. The van der Waals surface area contributed by atoms with Crippen LogP contribution in [0.3, 0.4) is 0 Å². The Bertz CT molecular complexity index is 263. The second kappa shape index (κ2) is 4.94. The van der Waals surface area contributed by atoms with Gasteiger partial charge in [-0.15, -0.1) is 0 Å². The van der Waals surface area contributed by atoms with Crippen LogP contribution in [0, 0.1) is 6.92 Å². The Morgan fingerprint density at radius 3 is 3.00 bits per heavy atom. The van der Waals surface area contributed by atoms with Crippen LogP contribution in [0.15, 0.2) is 18.3 Å². The Morgan fingerprint density at radius 1 is 1.62 bits per heavy atom. The van der Waals surface area contributed by atoms with Crippen LogP contribution in [0.2, 0.25) is 0 Å². The third-order valence-electron chi connectivity index (χ3n) is 1.82. The predicted octanol–water partition coefficient (Wildman–Crippen LogP) is 0.906. The molecule has 0 fully saturated rings. The van der Waals surface area contributed by atoms with Gasteiger partial charge in [-0.05, 0) is 24.6 Å². The average Bonchev–Trinajstić information content (AvgIpc) is 2.04. The minimum absolute atomic E-state index is 0.0410. The topological polar surface area (TPSA) is 48.1 Å². The van der Waals surface area contributed by atoms with Gasteiger partial charge in [0.25, 0.3) is 0 Å². The summed E-state index contributed by atoms with van der Waals surface area (Å²) in [7, 11) is 1.66. The molecule has 2 N–H and O–H groups in total. The quantitative estimate of drug-likeness (QED) is 0.749. The van der Waals surface area contributed by atoms with Gasteiger partial charge in [-0.25, -0.2) is 0 Å². The Hall–Kier alpha value is -0.930. The van der Waals surface area contributed by atoms with Gasteiger partial charge in [0, 0.05) is 31.5 Å². The van der Waals surface area contributed by atoms with E-state index in [2.05, 4.69) is 11.1 Å². The van der Waals surface area contributed by atoms with E-state index >= 15 is 0 Å². The Morgan fingerprint density at radius 2 is 2.38 bits per heavy atom. The number of aryl methyl sites for hydroxylation is 1. The summed E-state index contributed by atoms with van der Waals surface area (Å²) in [5, 5.41) is 0. The number of ether oxygens (including phenoxy) is 1. The van der Waals surface area contributed by atoms with Crippen molar-refractivity contribution in [3.05, 3.63) is 29.6 Å². The molecule has 1 rings (SSSR count). The summed E-state index contributed by atoms with van der Waals surface area (Å²) in [6, 6.07) is 4.07. The molecule has 1 atom stereocenters. The molecule has 1 aromatic rings. The summed E-state index contributed by atoms with van der Waals surface area (Å²) >= 11 is 0. The largest absolute Gasteiger partial charge is 0.383 e. The number of pyridine rings is 1. The van der Waals surface area contributed by atoms with Gasteiger partial charge >= 0.3 is 0 Å². The van der Waals surface area contributed by atoms with Crippen LogP contribution >= 0.6 is 0 Å². The molecule has 1 aromatic heterocycles. The minimum Gasteiger partial charge on any atom is -0.383 e. The van der Waals surface area contributed by atoms with Crippen LogP contribution in [-0.4, -0.2) is 24.7 Å². The van der Waals surface area contributed by atoms with Crippen molar-refractivity contribution in [3.8, 4) is 0 Å². The Kier molecular flexibility index (Phi) is 3.86. The lowest BCUT2D eigenvalue weighted by atomic mass is 10.1. The second-order valence-electron chi connectivity index (χ2n) is 3.24. The molecule has 0 amide bonds. The van der Waals surface area contributed by atoms with Crippen LogP contribution in [-0.2, 0) is 11.2 Å². The first-order valence-electron chi connectivity index (χ1n) is 4.38. The standard InChI is InChI=1S/C10H16N2O/c1-8-3-4-12-10(5-8)6-9(11)7-13-2/h3-5,9H,6-7,11H2,1-2H3. The van der Waals surface area contributed by atoms with Crippen LogP contribution in [0.1, 0.15) is 11.3 Å². The zero-order chi connectivity index (χ0) is 9.68. The molecule has 0 aromatic carbocycles. The van der Waals surface area contributed by atoms with Gasteiger partial charge < -0.3 is 10.5 Å². The van der Waals surface area contributed by atoms with E-state index in [1.165, 1.54) is 5.56 Å². The average molecular weight is 180 g/mol. The molecule has 0 aliphatic rings. The van der Waals surface area contributed by atoms with Crippen LogP contribution in [0.4, 0.5) is 0 Å². The Balaban J connectivity index is 2.53. The van der Waals surface area contributed by atoms with E-state index < -0.39 is 0 Å². The predicted molar refractivity (Wildman–Crippen MR) is 52.5 cm³/mol. The lowest BCUT2D eigenvalue weighted by molar-refractivity contribution is 0.179. The smallest absolute Gasteiger partial charge is 0.0617 e. The molecule has 0 aliphatic carbocycles. The summed E-state index contributed by atoms with van der Waals surface area (Å²) < 4.78 is 4.95. The van der Waals surface area contributed by atoms with Crippen molar-refractivity contribution in [2.24, 2.45) is 5.73 Å². The Labute approximate surface area is 78.9 Å². The molecule has 0 saturated heterocycles. The third kappa shape index (κ3) is 3.53. The molecule has 72 valence electrons. The molecule has 0 spiro atoms. The number of rotatable bonds is 4. The van der Waals surface area contributed by atoms with E-state index in [-0.39, 0.29) is 6.04 Å². The fourth-order valence-electron chi connectivity index (χ4n) is 1.25. The van der Waals surface area contributed by atoms with E-state index in [1.807, 2.05) is 19.2 Å². The van der Waals surface area contributed by atoms with Gasteiger partial charge in [-0.1, -0.05) is 0 Å². The molecule has 3 nitrogen and oxygen atoms in total. The van der Waals surface area contributed by atoms with Crippen LogP contribution in [0.25, 0.3) is 0 Å². The zero-order valence-corrected chi connectivity index (χ0v) is 8.16. The van der Waals surface area contributed by atoms with E-state index in [0.717, 1.165) is 12.1 Å². The van der Waals surface area contributed by atoms with E-state index in [1.54, 1.807) is 7.11 Å². The highest BCUT2D eigenvalue weighted by Gasteiger charge is 2.03. The van der Waals surface area contributed by atoms with E-state index in [9.17, 15) is 0 Å². The van der Waals surface area contributed by atoms with Gasteiger partial charge in [-0.3, -0.25) is 4.98 Å². The summed E-state index contributed by atoms with van der Waals surface area (Å²) in [6.07, 6.45) is 2.58. The van der Waals surface area contributed by atoms with Crippen molar-refractivity contribution in [3.63, 3.8) is 0 Å². The molecule has 1 heterocycles. The number of hydrogen-bond acceptors (Lipinski definition) is 3. The maximum Gasteiger partial charge on any atom is 0.0617 e. The molecule has 0 saturated carbocycles. The first kappa shape index (κ1) is 10.2. The summed E-state index contributed by atoms with van der Waals surface area (Å²) in [6.45, 7) is 2.63. The number of methoxy groups -OCH3 is 1. The third-order valence-corrected chi connectivity index (χ3v) is 1.82. The van der Waals surface area contributed by atoms with Crippen molar-refractivity contribution < 1.29 is 4.74 Å². The zero-order valence-electron chi connectivity index (χ0n) is 8.16. The number of aromatic nitrogens is 1. The summed E-state index contributed by atoms with van der Waals surface area (Å²) in [5.41, 5.74) is 8.05. The molecule has 13 heavy (non-hydrogen) atoms. The number of hydrogen-bond donors (Lipinski definition) is 1. The first-order valence-corrected chi connectivity index (χ1v) is 4.38. The SMILES string of the molecule is COCC(N)Cc1cc(C)ccn1. The maximum absolute atomic E-state index is 5.80. The molecule has 0 bridgehead atoms. The highest BCUT2D eigenvalue weighted by molar-refractivity contribution is 5.15. The van der Waals surface area contributed by atoms with Gasteiger partial charge in [-0.2, -0.15) is 0 Å². The van der Waals surface area contributed by atoms with Gasteiger partial charge in [0.15, 0.2) is 0 Å². The van der Waals surface area contributed by atoms with Crippen molar-refractivity contribution in [1.29, 1.82) is 0 Å². The van der Waals surface area contributed by atoms with Crippen LogP contribution in [0.5, 0.6) is 0 Å². The van der Waals surface area contributed by atoms with Gasteiger partial charge in [0.1, 0.15) is 0 Å². The molecular formula is C10H16N2O. The molecule has 3 heteroatoms. The van der Waals surface area contributed by atoms with Crippen molar-refractivity contribution >= 4 is 0 Å². The van der Waals surface area contributed by atoms with Crippen molar-refractivity contribution in [2.75, 3.05) is 13.7 Å². The van der Waals surface area contributed by atoms with Crippen molar-refractivity contribution in [1.82, 2.24) is 4.98 Å². The fourth-order valence-corrected chi connectivity index (χ4v) is 1.25. The second-order valence-corrected chi connectivity index (χ2v) is 3.24. The first-order chi connectivity index (χ1) is 6.22. The highest BCUT2D eigenvalue weighted by atomic mass is 16.5. The minimum atomic E-state index is 0.0410. The molecule has 0 radical (unpaired) electrons. The normalized spacial score (nSPS) is 12.8. The maximum atomic E-state index is 5.80. The summed E-state index contributed by atoms with van der Waals surface area (Å²) in [5.74, 6) is 0. The fraction of sp³-hybridized carbons (Fsp3) is 0.500. The van der Waals surface area contributed by atoms with E-state index in [4.69, 9.17) is 10.5 Å². The van der Waals surface area contributed by atoms with Gasteiger partial charge in [0.05, 0.1) is 6.61 Å². The molecule has 0 aliphatic heterocycles. The number of nitrogens with two attached hydrogens (primary N) is 1. The lowest BCUT2D eigenvalue weighted by Crippen LogP contribution is -2.28. The van der Waals surface area contributed by atoms with Gasteiger partial charge in [0.2, 0.25) is 0 Å².